The van der Waals surface area contributed by atoms with Crippen molar-refractivity contribution in [1.82, 2.24) is 0 Å². The van der Waals surface area contributed by atoms with Crippen molar-refractivity contribution in [1.29, 1.82) is 0 Å². The molecular formula is C17H20NO+. The lowest BCUT2D eigenvalue weighted by Gasteiger charge is -2.04. The zero-order chi connectivity index (χ0) is 13.7. The molecule has 2 aromatic rings. The molecule has 2 rings (SSSR count). The van der Waals surface area contributed by atoms with Crippen LogP contribution < -0.4 is 4.57 Å². The molecule has 1 aromatic carbocycles. The molecule has 0 aliphatic carbocycles. The van der Waals surface area contributed by atoms with E-state index in [1.165, 1.54) is 0 Å². The van der Waals surface area contributed by atoms with Crippen molar-refractivity contribution >= 4 is 5.78 Å². The largest absolute Gasteiger partial charge is 0.299 e. The Hall–Kier alpha value is -1.96. The third-order valence-corrected chi connectivity index (χ3v) is 2.99. The number of carbonyl (C=O) groups is 1. The lowest BCUT2D eigenvalue weighted by Crippen LogP contribution is -2.28. The highest BCUT2D eigenvalue weighted by Crippen LogP contribution is 2.09. The van der Waals surface area contributed by atoms with E-state index in [1.54, 1.807) is 0 Å². The van der Waals surface area contributed by atoms with Crippen molar-refractivity contribution in [2.45, 2.75) is 26.7 Å². The van der Waals surface area contributed by atoms with Gasteiger partial charge in [-0.1, -0.05) is 32.0 Å². The van der Waals surface area contributed by atoms with Gasteiger partial charge in [-0.15, -0.1) is 0 Å². The molecule has 0 saturated heterocycles. The van der Waals surface area contributed by atoms with Crippen molar-refractivity contribution in [2.24, 2.45) is 5.92 Å². The quantitative estimate of drug-likeness (QED) is 0.751. The molecule has 0 aliphatic rings. The number of aromatic nitrogens is 1. The third-order valence-electron chi connectivity index (χ3n) is 2.99. The Morgan fingerprint density at radius 1 is 1.05 bits per heavy atom. The van der Waals surface area contributed by atoms with Crippen molar-refractivity contribution in [3.8, 4) is 5.69 Å². The fourth-order valence-electron chi connectivity index (χ4n) is 2.11. The van der Waals surface area contributed by atoms with E-state index in [4.69, 9.17) is 0 Å². The molecule has 2 heteroatoms. The van der Waals surface area contributed by atoms with Gasteiger partial charge in [0, 0.05) is 37.1 Å². The molecule has 0 atom stereocenters. The summed E-state index contributed by atoms with van der Waals surface area (Å²) < 4.78 is 2.06. The maximum atomic E-state index is 11.8. The summed E-state index contributed by atoms with van der Waals surface area (Å²) in [6.07, 6.45) is 5.23. The highest BCUT2D eigenvalue weighted by Gasteiger charge is 2.08. The number of benzene rings is 1. The average Bonchev–Trinajstić information content (AvgIpc) is 2.39. The zero-order valence-corrected chi connectivity index (χ0v) is 11.5. The van der Waals surface area contributed by atoms with Gasteiger partial charge in [0.1, 0.15) is 5.78 Å². The molecule has 98 valence electrons. The molecule has 0 bridgehead atoms. The molecule has 0 fully saturated rings. The number of nitrogens with zero attached hydrogens (tertiary/aromatic N) is 1. The number of hydrogen-bond donors (Lipinski definition) is 0. The van der Waals surface area contributed by atoms with Crippen LogP contribution in [0.5, 0.6) is 0 Å². The molecule has 0 aliphatic heterocycles. The van der Waals surface area contributed by atoms with Crippen LogP contribution in [0.1, 0.15) is 25.8 Å². The first kappa shape index (κ1) is 13.5. The minimum atomic E-state index is 0.315. The second kappa shape index (κ2) is 6.28. The van der Waals surface area contributed by atoms with Gasteiger partial charge in [0.15, 0.2) is 12.4 Å². The van der Waals surface area contributed by atoms with Gasteiger partial charge in [0.25, 0.3) is 0 Å². The normalized spacial score (nSPS) is 10.7. The molecule has 0 spiro atoms. The van der Waals surface area contributed by atoms with Gasteiger partial charge in [-0.3, -0.25) is 4.79 Å². The van der Waals surface area contributed by atoms with E-state index >= 15 is 0 Å². The molecule has 19 heavy (non-hydrogen) atoms. The first-order valence-electron chi connectivity index (χ1n) is 6.72. The minimum Gasteiger partial charge on any atom is -0.299 e. The molecule has 1 heterocycles. The van der Waals surface area contributed by atoms with Gasteiger partial charge in [-0.2, -0.15) is 4.57 Å². The predicted octanol–water partition coefficient (Wildman–Crippen LogP) is 3.12. The zero-order valence-electron chi connectivity index (χ0n) is 11.5. The van der Waals surface area contributed by atoms with Gasteiger partial charge >= 0.3 is 0 Å². The van der Waals surface area contributed by atoms with E-state index in [-0.39, 0.29) is 0 Å². The van der Waals surface area contributed by atoms with Crippen molar-refractivity contribution in [3.05, 3.63) is 60.4 Å². The van der Waals surface area contributed by atoms with Crippen molar-refractivity contribution in [2.75, 3.05) is 0 Å². The summed E-state index contributed by atoms with van der Waals surface area (Å²) in [7, 11) is 0. The SMILES string of the molecule is CC(C)CC(=O)Cc1ccc(-[n+]2ccccc2)cc1. The number of carbonyl (C=O) groups excluding carboxylic acids is 1. The average molecular weight is 254 g/mol. The van der Waals surface area contributed by atoms with Gasteiger partial charge in [-0.05, 0) is 11.5 Å². The maximum Gasteiger partial charge on any atom is 0.210 e. The van der Waals surface area contributed by atoms with Gasteiger partial charge in [0.2, 0.25) is 5.69 Å². The molecular weight excluding hydrogens is 234 g/mol. The number of hydrogen-bond acceptors (Lipinski definition) is 1. The first-order valence-corrected chi connectivity index (χ1v) is 6.72. The van der Waals surface area contributed by atoms with E-state index < -0.39 is 0 Å². The standard InChI is InChI=1S/C17H20NO/c1-14(2)12-17(19)13-15-6-8-16(9-7-15)18-10-4-3-5-11-18/h3-11,14H,12-13H2,1-2H3/q+1. The van der Waals surface area contributed by atoms with E-state index in [0.717, 1.165) is 11.3 Å². The lowest BCUT2D eigenvalue weighted by atomic mass is 10.0. The monoisotopic (exact) mass is 254 g/mol. The number of pyridine rings is 1. The van der Waals surface area contributed by atoms with Crippen LogP contribution in [0, 0.1) is 5.92 Å². The molecule has 2 nitrogen and oxygen atoms in total. The molecule has 0 saturated carbocycles. The van der Waals surface area contributed by atoms with E-state index in [2.05, 4.69) is 30.5 Å². The Morgan fingerprint density at radius 2 is 1.68 bits per heavy atom. The molecule has 0 unspecified atom stereocenters. The summed E-state index contributed by atoms with van der Waals surface area (Å²) in [5.41, 5.74) is 2.20. The number of Topliss-reactive ketones (excluding diaryl/α,β-unsaturated/α-hetero) is 1. The molecule has 0 N–H and O–H groups in total. The smallest absolute Gasteiger partial charge is 0.210 e. The highest BCUT2D eigenvalue weighted by molar-refractivity contribution is 5.81. The third kappa shape index (κ3) is 4.02. The fraction of sp³-hybridized carbons (Fsp3) is 0.294. The summed E-state index contributed by atoms with van der Waals surface area (Å²) >= 11 is 0. The van der Waals surface area contributed by atoms with E-state index in [9.17, 15) is 4.79 Å². The van der Waals surface area contributed by atoms with Crippen LogP contribution >= 0.6 is 0 Å². The van der Waals surface area contributed by atoms with Gasteiger partial charge < -0.3 is 0 Å². The number of ketones is 1. The van der Waals surface area contributed by atoms with Gasteiger partial charge in [0.05, 0.1) is 0 Å². The summed E-state index contributed by atoms with van der Waals surface area (Å²) in [6, 6.07) is 14.2. The Bertz CT molecular complexity index is 529. The second-order valence-electron chi connectivity index (χ2n) is 5.26. The topological polar surface area (TPSA) is 20.9 Å². The van der Waals surface area contributed by atoms with Crippen LogP contribution in [0.2, 0.25) is 0 Å². The predicted molar refractivity (Wildman–Crippen MR) is 76.1 cm³/mol. The van der Waals surface area contributed by atoms with Crippen LogP contribution in [-0.4, -0.2) is 5.78 Å². The summed E-state index contributed by atoms with van der Waals surface area (Å²) in [4.78, 5) is 11.8. The Kier molecular flexibility index (Phi) is 4.45. The molecule has 0 amide bonds. The van der Waals surface area contributed by atoms with Crippen LogP contribution in [0.3, 0.4) is 0 Å². The lowest BCUT2D eigenvalue weighted by molar-refractivity contribution is -0.595. The molecule has 0 radical (unpaired) electrons. The summed E-state index contributed by atoms with van der Waals surface area (Å²) in [5, 5.41) is 0. The Labute approximate surface area is 114 Å². The van der Waals surface area contributed by atoms with Crippen LogP contribution in [0.15, 0.2) is 54.9 Å². The molecule has 1 aromatic heterocycles. The highest BCUT2D eigenvalue weighted by atomic mass is 16.1. The maximum absolute atomic E-state index is 11.8. The van der Waals surface area contributed by atoms with Gasteiger partial charge in [-0.25, -0.2) is 0 Å². The van der Waals surface area contributed by atoms with Crippen molar-refractivity contribution in [3.63, 3.8) is 0 Å². The second-order valence-corrected chi connectivity index (χ2v) is 5.26. The van der Waals surface area contributed by atoms with E-state index in [1.807, 2.05) is 42.7 Å². The minimum absolute atomic E-state index is 0.315. The first-order chi connectivity index (χ1) is 9.15. The van der Waals surface area contributed by atoms with E-state index in [0.29, 0.717) is 24.5 Å². The number of rotatable bonds is 5. The van der Waals surface area contributed by atoms with Crippen molar-refractivity contribution < 1.29 is 9.36 Å². The summed E-state index contributed by atoms with van der Waals surface area (Å²) in [6.45, 7) is 4.15. The fourth-order valence-corrected chi connectivity index (χ4v) is 2.11. The Balaban J connectivity index is 2.05. The van der Waals surface area contributed by atoms with Crippen LogP contribution in [-0.2, 0) is 11.2 Å². The van der Waals surface area contributed by atoms with Crippen LogP contribution in [0.25, 0.3) is 5.69 Å². The summed E-state index contributed by atoms with van der Waals surface area (Å²) in [5.74, 6) is 0.752. The Morgan fingerprint density at radius 3 is 2.26 bits per heavy atom. The van der Waals surface area contributed by atoms with Crippen LogP contribution in [0.4, 0.5) is 0 Å².